The first-order chi connectivity index (χ1) is 29.5. The van der Waals surface area contributed by atoms with Gasteiger partial charge in [-0.3, -0.25) is 48.1 Å². The van der Waals surface area contributed by atoms with Crippen molar-refractivity contribution in [2.75, 3.05) is 24.6 Å². The van der Waals surface area contributed by atoms with Gasteiger partial charge < -0.3 is 70.6 Å². The third-order valence-corrected chi connectivity index (χ3v) is 10.7. The molecule has 0 aliphatic carbocycles. The summed E-state index contributed by atoms with van der Waals surface area (Å²) in [6.07, 6.45) is 0.0461. The average Bonchev–Trinajstić information content (AvgIpc) is 3.70. The first kappa shape index (κ1) is 55.6. The van der Waals surface area contributed by atoms with Crippen LogP contribution in [0.5, 0.6) is 0 Å². The van der Waals surface area contributed by atoms with E-state index < -0.39 is 126 Å². The summed E-state index contributed by atoms with van der Waals surface area (Å²) in [7, 11) is 0. The maximum absolute atomic E-state index is 14.0. The van der Waals surface area contributed by atoms with Crippen LogP contribution in [-0.2, 0) is 47.9 Å². The first-order valence-electron chi connectivity index (χ1n) is 20.4. The summed E-state index contributed by atoms with van der Waals surface area (Å²) >= 11 is 8.14. The highest BCUT2D eigenvalue weighted by Crippen LogP contribution is 2.22. The molecule has 0 unspecified atom stereocenters. The van der Waals surface area contributed by atoms with Crippen molar-refractivity contribution in [3.05, 3.63) is 0 Å². The van der Waals surface area contributed by atoms with E-state index in [1.807, 2.05) is 0 Å². The molecule has 63 heavy (non-hydrogen) atoms. The van der Waals surface area contributed by atoms with Gasteiger partial charge in [0.1, 0.15) is 42.3 Å². The highest BCUT2D eigenvalue weighted by atomic mass is 32.1. The highest BCUT2D eigenvalue weighted by molar-refractivity contribution is 7.80. The van der Waals surface area contributed by atoms with E-state index in [9.17, 15) is 53.1 Å². The number of aliphatic carboxylic acids is 1. The number of hydrogen-bond acceptors (Lipinski definition) is 14. The van der Waals surface area contributed by atoms with Crippen molar-refractivity contribution in [1.82, 2.24) is 36.8 Å². The number of hydrogen-bond donors (Lipinski definition) is 14. The van der Waals surface area contributed by atoms with Crippen LogP contribution in [0.25, 0.3) is 0 Å². The summed E-state index contributed by atoms with van der Waals surface area (Å²) in [5, 5.41) is 24.0. The second kappa shape index (κ2) is 27.6. The number of nitrogens with one attached hydrogen (secondary N) is 6. The fourth-order valence-corrected chi connectivity index (χ4v) is 6.84. The van der Waals surface area contributed by atoms with Crippen molar-refractivity contribution in [3.63, 3.8) is 0 Å². The summed E-state index contributed by atoms with van der Waals surface area (Å²) in [5.41, 5.74) is 27.3. The van der Waals surface area contributed by atoms with Gasteiger partial charge in [0.05, 0.1) is 18.9 Å². The molecule has 1 heterocycles. The van der Waals surface area contributed by atoms with Gasteiger partial charge in [-0.1, -0.05) is 34.1 Å². The van der Waals surface area contributed by atoms with Gasteiger partial charge >= 0.3 is 5.97 Å². The molecule has 356 valence electrons. The Morgan fingerprint density at radius 2 is 1.21 bits per heavy atom. The van der Waals surface area contributed by atoms with Gasteiger partial charge in [0.25, 0.3) is 0 Å². The Bertz CT molecular complexity index is 1680. The van der Waals surface area contributed by atoms with Gasteiger partial charge in [-0.15, -0.1) is 0 Å². The van der Waals surface area contributed by atoms with E-state index in [2.05, 4.69) is 62.2 Å². The van der Waals surface area contributed by atoms with E-state index >= 15 is 0 Å². The average molecular weight is 932 g/mol. The summed E-state index contributed by atoms with van der Waals surface area (Å²) < 4.78 is 0. The number of thiol groups is 2. The van der Waals surface area contributed by atoms with E-state index in [1.54, 1.807) is 27.7 Å². The lowest BCUT2D eigenvalue weighted by Crippen LogP contribution is -2.61. The van der Waals surface area contributed by atoms with Crippen LogP contribution >= 0.6 is 25.3 Å². The Kier molecular flexibility index (Phi) is 24.4. The fourth-order valence-electron chi connectivity index (χ4n) is 6.34. The lowest BCUT2D eigenvalue weighted by molar-refractivity contribution is -0.145. The minimum absolute atomic E-state index is 0.00658. The van der Waals surface area contributed by atoms with Crippen LogP contribution in [0.15, 0.2) is 4.99 Å². The Labute approximate surface area is 376 Å². The second-order valence-electron chi connectivity index (χ2n) is 15.6. The molecule has 0 bridgehead atoms. The zero-order valence-electron chi connectivity index (χ0n) is 36.0. The minimum atomic E-state index is -1.67. The van der Waals surface area contributed by atoms with Crippen molar-refractivity contribution in [2.24, 2.45) is 45.5 Å². The predicted octanol–water partition coefficient (Wildman–Crippen LogP) is -4.95. The molecular formula is C37H65N13O11S2. The van der Waals surface area contributed by atoms with E-state index in [0.29, 0.717) is 19.3 Å². The van der Waals surface area contributed by atoms with Crippen LogP contribution in [0.1, 0.15) is 79.1 Å². The molecule has 1 aliphatic heterocycles. The summed E-state index contributed by atoms with van der Waals surface area (Å²) in [6, 6.07) is -10.8. The molecule has 1 fully saturated rings. The van der Waals surface area contributed by atoms with E-state index in [0.717, 1.165) is 0 Å². The van der Waals surface area contributed by atoms with Gasteiger partial charge in [0, 0.05) is 24.6 Å². The molecule has 17 N–H and O–H groups in total. The SMILES string of the molecule is CC[C@H](C)[C@H](NC(=O)[C@H](CC(N)=O)NC(=O)[C@H](CS)NC(=O)[C@H](CC(C)C)NC(=O)[C@H](CC(N)=O)NC(=O)[C@@H](N)CCCN=C(N)N)C(=O)N1CCC[C@H]1C(=O)N[C@@H](CS)C(=O)O. The van der Waals surface area contributed by atoms with Crippen LogP contribution in [0.3, 0.4) is 0 Å². The van der Waals surface area contributed by atoms with Crippen molar-refractivity contribution < 1.29 is 53.1 Å². The van der Waals surface area contributed by atoms with Gasteiger partial charge in [-0.2, -0.15) is 25.3 Å². The molecule has 0 saturated carbocycles. The Balaban J connectivity index is 3.24. The third kappa shape index (κ3) is 19.3. The topological polar surface area (TPSA) is 409 Å². The number of amides is 9. The number of carboxylic acids is 1. The second-order valence-corrected chi connectivity index (χ2v) is 16.3. The first-order valence-corrected chi connectivity index (χ1v) is 21.7. The zero-order valence-corrected chi connectivity index (χ0v) is 37.8. The van der Waals surface area contributed by atoms with Crippen molar-refractivity contribution in [1.29, 1.82) is 0 Å². The number of rotatable bonds is 28. The molecule has 9 amide bonds. The molecule has 1 saturated heterocycles. The molecule has 1 rings (SSSR count). The van der Waals surface area contributed by atoms with Gasteiger partial charge in [0.15, 0.2) is 5.96 Å². The van der Waals surface area contributed by atoms with Crippen LogP contribution in [0.4, 0.5) is 0 Å². The fraction of sp³-hybridized carbons (Fsp3) is 0.703. The number of likely N-dealkylation sites (tertiary alicyclic amines) is 1. The number of guanidine groups is 1. The van der Waals surface area contributed by atoms with E-state index in [4.69, 9.17) is 28.7 Å². The van der Waals surface area contributed by atoms with Crippen LogP contribution < -0.4 is 60.6 Å². The number of nitrogens with zero attached hydrogens (tertiary/aromatic N) is 2. The van der Waals surface area contributed by atoms with Gasteiger partial charge in [-0.25, -0.2) is 4.79 Å². The minimum Gasteiger partial charge on any atom is -0.480 e. The maximum Gasteiger partial charge on any atom is 0.327 e. The molecule has 1 aliphatic rings. The molecule has 26 heteroatoms. The Morgan fingerprint density at radius 1 is 0.714 bits per heavy atom. The van der Waals surface area contributed by atoms with Crippen molar-refractivity contribution in [3.8, 4) is 0 Å². The maximum atomic E-state index is 14.0. The summed E-state index contributed by atoms with van der Waals surface area (Å²) in [6.45, 7) is 7.19. The number of primary amides is 2. The molecule has 0 aromatic rings. The predicted molar refractivity (Wildman–Crippen MR) is 236 cm³/mol. The van der Waals surface area contributed by atoms with E-state index in [-0.39, 0.29) is 55.7 Å². The molecular weight excluding hydrogens is 867 g/mol. The normalized spacial score (nSPS) is 17.3. The van der Waals surface area contributed by atoms with Crippen LogP contribution in [0.2, 0.25) is 0 Å². The van der Waals surface area contributed by atoms with Crippen molar-refractivity contribution >= 4 is 90.4 Å². The highest BCUT2D eigenvalue weighted by Gasteiger charge is 2.41. The Hall–Kier alpha value is -5.37. The zero-order chi connectivity index (χ0) is 48.1. The van der Waals surface area contributed by atoms with Crippen molar-refractivity contribution in [2.45, 2.75) is 127 Å². The third-order valence-electron chi connectivity index (χ3n) is 9.95. The quantitative estimate of drug-likeness (QED) is 0.0151. The molecule has 24 nitrogen and oxygen atoms in total. The van der Waals surface area contributed by atoms with Gasteiger partial charge in [-0.05, 0) is 43.9 Å². The molecule has 0 radical (unpaired) electrons. The summed E-state index contributed by atoms with van der Waals surface area (Å²) in [4.78, 5) is 135. The smallest absolute Gasteiger partial charge is 0.327 e. The number of aliphatic imine (C=N–C) groups is 1. The van der Waals surface area contributed by atoms with Gasteiger partial charge in [0.2, 0.25) is 53.2 Å². The molecule has 0 aromatic carbocycles. The molecule has 0 aromatic heterocycles. The molecule has 0 spiro atoms. The number of carbonyl (C=O) groups is 10. The monoisotopic (exact) mass is 931 g/mol. The van der Waals surface area contributed by atoms with Crippen LogP contribution in [0, 0.1) is 11.8 Å². The van der Waals surface area contributed by atoms with Crippen LogP contribution in [-0.4, -0.2) is 148 Å². The largest absolute Gasteiger partial charge is 0.480 e. The number of carbonyl (C=O) groups excluding carboxylic acids is 9. The number of carboxylic acid groups (broad SMARTS) is 1. The Morgan fingerprint density at radius 3 is 1.70 bits per heavy atom. The lowest BCUT2D eigenvalue weighted by atomic mass is 9.96. The number of nitrogens with two attached hydrogens (primary N) is 5. The standard InChI is InChI=1S/C37H65N13O11S2/c1-5-18(4)28(35(59)50-11-7-9-25(50)34(58)48-24(16-63)36(60)61)49-32(56)22(14-27(40)52)46-33(57)23(15-62)47-30(54)20(12-17(2)3)45-31(55)21(13-26(39)51)44-29(53)19(38)8-6-10-43-37(41)42/h17-25,28,62-63H,5-16,38H2,1-4H3,(H2,39,51)(H2,40,52)(H,44,53)(H,45,55)(H,46,57)(H,47,54)(H,48,58)(H,49,56)(H,60,61)(H4,41,42,43)/t18-,19-,20-,21-,22-,23-,24-,25-,28-/m0/s1. The lowest BCUT2D eigenvalue weighted by Gasteiger charge is -2.32. The summed E-state index contributed by atoms with van der Waals surface area (Å²) in [5.74, 6) is -10.7. The molecule has 9 atom stereocenters. The van der Waals surface area contributed by atoms with E-state index in [1.165, 1.54) is 4.90 Å².